The molecule has 0 aliphatic carbocycles. The van der Waals surface area contributed by atoms with Crippen molar-refractivity contribution < 1.29 is 0 Å². The number of fused-ring (bicyclic) bond motifs is 1. The summed E-state index contributed by atoms with van der Waals surface area (Å²) in [4.78, 5) is 18.7. The van der Waals surface area contributed by atoms with Gasteiger partial charge in [-0.2, -0.15) is 15.6 Å². The van der Waals surface area contributed by atoms with Crippen molar-refractivity contribution in [1.29, 1.82) is 10.5 Å². The van der Waals surface area contributed by atoms with Crippen LogP contribution in [0.25, 0.3) is 22.3 Å². The molecule has 0 aromatic carbocycles. The predicted octanol–water partition coefficient (Wildman–Crippen LogP) is 3.52. The molecule has 0 fully saturated rings. The van der Waals surface area contributed by atoms with Gasteiger partial charge in [-0.1, -0.05) is 0 Å². The third-order valence-electron chi connectivity index (χ3n) is 4.99. The minimum Gasteiger partial charge on any atom is -0.355 e. The summed E-state index contributed by atoms with van der Waals surface area (Å²) in [5.41, 5.74) is 4.14. The summed E-state index contributed by atoms with van der Waals surface area (Å²) in [5.74, 6) is 0.706. The number of rotatable bonds is 8. The van der Waals surface area contributed by atoms with Gasteiger partial charge in [0, 0.05) is 36.4 Å². The van der Waals surface area contributed by atoms with Gasteiger partial charge < -0.3 is 9.88 Å². The maximum atomic E-state index is 9.34. The lowest BCUT2D eigenvalue weighted by Crippen LogP contribution is -2.27. The summed E-state index contributed by atoms with van der Waals surface area (Å²) >= 11 is 1.34. The number of thiazole rings is 1. The van der Waals surface area contributed by atoms with Crippen LogP contribution in [-0.2, 0) is 0 Å². The van der Waals surface area contributed by atoms with E-state index in [4.69, 9.17) is 0 Å². The van der Waals surface area contributed by atoms with Crippen molar-refractivity contribution in [3.8, 4) is 23.4 Å². The molecule has 0 spiro atoms. The van der Waals surface area contributed by atoms with Gasteiger partial charge in [0.15, 0.2) is 5.82 Å². The second-order valence-electron chi connectivity index (χ2n) is 6.67. The molecule has 0 saturated heterocycles. The summed E-state index contributed by atoms with van der Waals surface area (Å²) in [6, 6.07) is 6.31. The number of aromatic amines is 1. The Labute approximate surface area is 177 Å². The molecule has 9 nitrogen and oxygen atoms in total. The third kappa shape index (κ3) is 3.73. The number of nitrogens with zero attached hydrogens (tertiary/aromatic N) is 8. The van der Waals surface area contributed by atoms with E-state index in [0.717, 1.165) is 28.8 Å². The molecule has 4 heterocycles. The van der Waals surface area contributed by atoms with E-state index < -0.39 is 0 Å². The quantitative estimate of drug-likeness (QED) is 0.465. The molecule has 1 atom stereocenters. The first-order valence-electron chi connectivity index (χ1n) is 9.53. The van der Waals surface area contributed by atoms with Crippen LogP contribution in [0.2, 0.25) is 0 Å². The minimum absolute atomic E-state index is 0.0921. The van der Waals surface area contributed by atoms with Crippen molar-refractivity contribution in [2.24, 2.45) is 0 Å². The smallest absolute Gasteiger partial charge is 0.157 e. The van der Waals surface area contributed by atoms with Gasteiger partial charge in [-0.05, 0) is 19.4 Å². The van der Waals surface area contributed by atoms with Crippen molar-refractivity contribution in [3.05, 3.63) is 41.4 Å². The normalized spacial score (nSPS) is 11.8. The zero-order chi connectivity index (χ0) is 20.9. The van der Waals surface area contributed by atoms with Gasteiger partial charge in [0.25, 0.3) is 0 Å². The molecule has 150 valence electrons. The van der Waals surface area contributed by atoms with E-state index in [1.54, 1.807) is 11.7 Å². The highest BCUT2D eigenvalue weighted by molar-refractivity contribution is 7.10. The first-order chi connectivity index (χ1) is 14.7. The number of anilines is 1. The fourth-order valence-electron chi connectivity index (χ4n) is 3.46. The highest BCUT2D eigenvalue weighted by Gasteiger charge is 2.19. The van der Waals surface area contributed by atoms with Gasteiger partial charge in [-0.15, -0.1) is 11.3 Å². The number of aromatic nitrogens is 6. The Balaban J connectivity index is 1.55. The van der Waals surface area contributed by atoms with E-state index in [2.05, 4.69) is 42.1 Å². The molecule has 0 unspecified atom stereocenters. The van der Waals surface area contributed by atoms with Gasteiger partial charge in [-0.25, -0.2) is 15.0 Å². The molecule has 0 aliphatic heterocycles. The zero-order valence-corrected chi connectivity index (χ0v) is 17.2. The third-order valence-corrected chi connectivity index (χ3v) is 5.71. The largest absolute Gasteiger partial charge is 0.355 e. The van der Waals surface area contributed by atoms with E-state index in [-0.39, 0.29) is 6.04 Å². The van der Waals surface area contributed by atoms with E-state index >= 15 is 0 Å². The van der Waals surface area contributed by atoms with Crippen LogP contribution in [-0.4, -0.2) is 42.8 Å². The Morgan fingerprint density at radius 1 is 1.30 bits per heavy atom. The number of nitrogens with one attached hydrogen (secondary N) is 1. The summed E-state index contributed by atoms with van der Waals surface area (Å²) in [6.07, 6.45) is 8.09. The Hall–Kier alpha value is -3.76. The van der Waals surface area contributed by atoms with Crippen molar-refractivity contribution in [2.75, 3.05) is 18.0 Å². The maximum Gasteiger partial charge on any atom is 0.157 e. The number of H-pyrrole nitrogens is 1. The lowest BCUT2D eigenvalue weighted by Gasteiger charge is -2.23. The van der Waals surface area contributed by atoms with Crippen molar-refractivity contribution in [2.45, 2.75) is 25.8 Å². The van der Waals surface area contributed by atoms with Crippen molar-refractivity contribution >= 4 is 28.2 Å². The molecular weight excluding hydrogens is 398 g/mol. The second kappa shape index (κ2) is 8.72. The minimum atomic E-state index is -0.0921. The molecule has 0 radical (unpaired) electrons. The van der Waals surface area contributed by atoms with Crippen molar-refractivity contribution in [3.63, 3.8) is 0 Å². The average molecular weight is 418 g/mol. The predicted molar refractivity (Wildman–Crippen MR) is 114 cm³/mol. The van der Waals surface area contributed by atoms with Crippen LogP contribution in [0.1, 0.15) is 30.7 Å². The second-order valence-corrected chi connectivity index (χ2v) is 7.53. The van der Waals surface area contributed by atoms with Crippen molar-refractivity contribution in [1.82, 2.24) is 29.7 Å². The molecular formula is C20H19N9S. The molecule has 0 bridgehead atoms. The average Bonchev–Trinajstić information content (AvgIpc) is 3.53. The van der Waals surface area contributed by atoms with Gasteiger partial charge in [0.2, 0.25) is 0 Å². The lowest BCUT2D eigenvalue weighted by atomic mass is 10.1. The number of hydrogen-bond donors (Lipinski definition) is 1. The molecule has 4 aromatic rings. The van der Waals surface area contributed by atoms with E-state index in [0.29, 0.717) is 30.1 Å². The highest BCUT2D eigenvalue weighted by atomic mass is 32.1. The molecule has 30 heavy (non-hydrogen) atoms. The Morgan fingerprint density at radius 2 is 2.20 bits per heavy atom. The molecule has 0 saturated carbocycles. The van der Waals surface area contributed by atoms with Crippen LogP contribution >= 0.6 is 11.3 Å². The van der Waals surface area contributed by atoms with Crippen LogP contribution in [0.3, 0.4) is 0 Å². The van der Waals surface area contributed by atoms with Crippen LogP contribution in [0.15, 0.2) is 36.5 Å². The fourth-order valence-corrected chi connectivity index (χ4v) is 4.05. The van der Waals surface area contributed by atoms with Gasteiger partial charge in [-0.3, -0.25) is 4.68 Å². The molecule has 4 rings (SSSR count). The Kier molecular flexibility index (Phi) is 5.68. The standard InChI is InChI=1S/C20H19N9S/c1-2-28(20-17(9-22)30-13-26-20)8-5-15(3-6-21)29-11-14(10-27-29)18-16-4-7-23-19(16)25-12-24-18/h4,7,10-13,15H,2-3,5,8H2,1H3,(H,23,24,25)/t15-/m0/s1. The van der Waals surface area contributed by atoms with Crippen LogP contribution in [0, 0.1) is 22.7 Å². The zero-order valence-electron chi connectivity index (χ0n) is 16.4. The Bertz CT molecular complexity index is 1220. The number of nitriles is 2. The van der Waals surface area contributed by atoms with E-state index in [1.807, 2.05) is 30.1 Å². The topological polar surface area (TPSA) is 123 Å². The first kappa shape index (κ1) is 19.6. The summed E-state index contributed by atoms with van der Waals surface area (Å²) in [7, 11) is 0. The maximum absolute atomic E-state index is 9.34. The summed E-state index contributed by atoms with van der Waals surface area (Å²) in [6.45, 7) is 3.43. The summed E-state index contributed by atoms with van der Waals surface area (Å²) < 4.78 is 1.83. The Morgan fingerprint density at radius 3 is 3.00 bits per heavy atom. The lowest BCUT2D eigenvalue weighted by molar-refractivity contribution is 0.431. The molecule has 4 aromatic heterocycles. The molecule has 0 aliphatic rings. The molecule has 10 heteroatoms. The highest BCUT2D eigenvalue weighted by Crippen LogP contribution is 2.27. The number of hydrogen-bond acceptors (Lipinski definition) is 8. The van der Waals surface area contributed by atoms with Crippen LogP contribution < -0.4 is 4.90 Å². The summed E-state index contributed by atoms with van der Waals surface area (Å²) in [5, 5.41) is 24.1. The van der Waals surface area contributed by atoms with Crippen LogP contribution in [0.5, 0.6) is 0 Å². The van der Waals surface area contributed by atoms with Gasteiger partial charge >= 0.3 is 0 Å². The monoisotopic (exact) mass is 417 g/mol. The van der Waals surface area contributed by atoms with Gasteiger partial charge in [0.1, 0.15) is 22.9 Å². The van der Waals surface area contributed by atoms with Crippen LogP contribution in [0.4, 0.5) is 5.82 Å². The van der Waals surface area contributed by atoms with Gasteiger partial charge in [0.05, 0.1) is 35.9 Å². The van der Waals surface area contributed by atoms with E-state index in [9.17, 15) is 10.5 Å². The van der Waals surface area contributed by atoms with E-state index in [1.165, 1.54) is 17.7 Å². The first-order valence-corrected chi connectivity index (χ1v) is 10.4. The SMILES string of the molecule is CCN(CC[C@H](CC#N)n1cc(-c2ncnc3[nH]ccc23)cn1)c1ncsc1C#N. The molecule has 1 N–H and O–H groups in total. The molecule has 0 amide bonds. The fraction of sp³-hybridized carbons (Fsp3) is 0.300.